The summed E-state index contributed by atoms with van der Waals surface area (Å²) in [5.74, 6) is 0.850. The van der Waals surface area contributed by atoms with Crippen molar-refractivity contribution in [2.24, 2.45) is 5.92 Å². The van der Waals surface area contributed by atoms with E-state index in [0.717, 1.165) is 32.5 Å². The predicted octanol–water partition coefficient (Wildman–Crippen LogP) is 0.869. The molecule has 2 unspecified atom stereocenters. The first-order chi connectivity index (χ1) is 7.71. The Hall–Kier alpha value is -0.610. The molecule has 0 aromatic carbocycles. The van der Waals surface area contributed by atoms with Gasteiger partial charge in [0.1, 0.15) is 0 Å². The number of likely N-dealkylation sites (N-methyl/N-ethyl adjacent to an activating group) is 1. The van der Waals surface area contributed by atoms with Crippen LogP contribution in [0.2, 0.25) is 0 Å². The zero-order chi connectivity index (χ0) is 12.0. The molecule has 0 spiro atoms. The number of hydrogen-bond acceptors (Lipinski definition) is 3. The summed E-state index contributed by atoms with van der Waals surface area (Å²) in [6.45, 7) is 7.49. The van der Waals surface area contributed by atoms with Crippen LogP contribution in [0.4, 0.5) is 0 Å². The smallest absolute Gasteiger partial charge is 0.222 e. The lowest BCUT2D eigenvalue weighted by atomic mass is 10.1. The molecular weight excluding hydrogens is 204 g/mol. The van der Waals surface area contributed by atoms with E-state index in [1.165, 1.54) is 0 Å². The van der Waals surface area contributed by atoms with Gasteiger partial charge in [-0.3, -0.25) is 4.79 Å². The highest BCUT2D eigenvalue weighted by molar-refractivity contribution is 5.78. The summed E-state index contributed by atoms with van der Waals surface area (Å²) in [7, 11) is 1.70. The number of methoxy groups -OCH3 is 1. The molecule has 1 fully saturated rings. The fourth-order valence-electron chi connectivity index (χ4n) is 2.24. The molecule has 0 radical (unpaired) electrons. The summed E-state index contributed by atoms with van der Waals surface area (Å²) in [6.07, 6.45) is 1.82. The van der Waals surface area contributed by atoms with Crippen molar-refractivity contribution in [2.45, 2.75) is 32.7 Å². The van der Waals surface area contributed by atoms with Crippen LogP contribution in [0.1, 0.15) is 26.7 Å². The molecule has 2 atom stereocenters. The first-order valence-corrected chi connectivity index (χ1v) is 6.21. The van der Waals surface area contributed by atoms with Crippen molar-refractivity contribution >= 4 is 5.91 Å². The van der Waals surface area contributed by atoms with Crippen LogP contribution in [0, 0.1) is 5.92 Å². The molecule has 0 aliphatic carbocycles. The number of carbonyl (C=O) groups is 1. The van der Waals surface area contributed by atoms with Crippen molar-refractivity contribution in [3.63, 3.8) is 0 Å². The lowest BCUT2D eigenvalue weighted by Crippen LogP contribution is -2.44. The van der Waals surface area contributed by atoms with Gasteiger partial charge in [0.2, 0.25) is 5.91 Å². The topological polar surface area (TPSA) is 41.6 Å². The average Bonchev–Trinajstić information content (AvgIpc) is 2.60. The Kier molecular flexibility index (Phi) is 5.77. The third-order valence-electron chi connectivity index (χ3n) is 3.17. The Balaban J connectivity index is 2.41. The SMILES string of the molecule is CCNC(COC)CN1CC(CC)CC1=O. The van der Waals surface area contributed by atoms with E-state index in [2.05, 4.69) is 19.2 Å². The van der Waals surface area contributed by atoms with Crippen LogP contribution in [-0.2, 0) is 9.53 Å². The van der Waals surface area contributed by atoms with E-state index in [-0.39, 0.29) is 6.04 Å². The molecule has 1 saturated heterocycles. The van der Waals surface area contributed by atoms with Gasteiger partial charge in [-0.2, -0.15) is 0 Å². The number of nitrogens with zero attached hydrogens (tertiary/aromatic N) is 1. The van der Waals surface area contributed by atoms with Gasteiger partial charge in [0.25, 0.3) is 0 Å². The van der Waals surface area contributed by atoms with E-state index in [9.17, 15) is 4.79 Å². The fourth-order valence-corrected chi connectivity index (χ4v) is 2.24. The van der Waals surface area contributed by atoms with Crippen molar-refractivity contribution in [3.8, 4) is 0 Å². The third-order valence-corrected chi connectivity index (χ3v) is 3.17. The van der Waals surface area contributed by atoms with Crippen LogP contribution < -0.4 is 5.32 Å². The molecule has 16 heavy (non-hydrogen) atoms. The summed E-state index contributed by atoms with van der Waals surface area (Å²) in [6, 6.07) is 0.259. The van der Waals surface area contributed by atoms with E-state index in [1.807, 2.05) is 4.90 Å². The second kappa shape index (κ2) is 6.86. The van der Waals surface area contributed by atoms with Gasteiger partial charge in [-0.15, -0.1) is 0 Å². The molecule has 94 valence electrons. The van der Waals surface area contributed by atoms with Crippen LogP contribution in [0.25, 0.3) is 0 Å². The highest BCUT2D eigenvalue weighted by Gasteiger charge is 2.29. The Bertz CT molecular complexity index is 215. The minimum Gasteiger partial charge on any atom is -0.383 e. The van der Waals surface area contributed by atoms with Crippen LogP contribution in [-0.4, -0.2) is 50.2 Å². The lowest BCUT2D eigenvalue weighted by Gasteiger charge is -2.24. The number of carbonyl (C=O) groups excluding carboxylic acids is 1. The van der Waals surface area contributed by atoms with Crippen LogP contribution in [0.15, 0.2) is 0 Å². The quantitative estimate of drug-likeness (QED) is 0.703. The molecule has 0 aromatic heterocycles. The Morgan fingerprint density at radius 2 is 2.31 bits per heavy atom. The van der Waals surface area contributed by atoms with Gasteiger partial charge < -0.3 is 15.0 Å². The van der Waals surface area contributed by atoms with Gasteiger partial charge in [-0.05, 0) is 12.5 Å². The van der Waals surface area contributed by atoms with E-state index < -0.39 is 0 Å². The lowest BCUT2D eigenvalue weighted by molar-refractivity contribution is -0.128. The molecule has 1 aliphatic heterocycles. The molecule has 1 N–H and O–H groups in total. The second-order valence-corrected chi connectivity index (χ2v) is 4.49. The molecule has 0 saturated carbocycles. The van der Waals surface area contributed by atoms with Gasteiger partial charge in [0.15, 0.2) is 0 Å². The molecule has 4 nitrogen and oxygen atoms in total. The monoisotopic (exact) mass is 228 g/mol. The van der Waals surface area contributed by atoms with E-state index in [4.69, 9.17) is 4.74 Å². The molecule has 0 bridgehead atoms. The standard InChI is InChI=1S/C12H24N2O2/c1-4-10-6-12(15)14(7-10)8-11(9-16-3)13-5-2/h10-11,13H,4-9H2,1-3H3. The largest absolute Gasteiger partial charge is 0.383 e. The molecule has 1 rings (SSSR count). The molecule has 4 heteroatoms. The first kappa shape index (κ1) is 13.5. The number of nitrogens with one attached hydrogen (secondary N) is 1. The molecule has 0 aromatic rings. The fraction of sp³-hybridized carbons (Fsp3) is 0.917. The van der Waals surface area contributed by atoms with E-state index >= 15 is 0 Å². The summed E-state index contributed by atoms with van der Waals surface area (Å²) in [5, 5.41) is 3.34. The number of amides is 1. The predicted molar refractivity (Wildman–Crippen MR) is 64.3 cm³/mol. The maximum atomic E-state index is 11.7. The molecule has 1 heterocycles. The maximum absolute atomic E-state index is 11.7. The van der Waals surface area contributed by atoms with Gasteiger partial charge in [0, 0.05) is 32.7 Å². The Morgan fingerprint density at radius 1 is 1.56 bits per heavy atom. The minimum absolute atomic E-state index is 0.259. The summed E-state index contributed by atoms with van der Waals surface area (Å²) in [5.41, 5.74) is 0. The number of hydrogen-bond donors (Lipinski definition) is 1. The van der Waals surface area contributed by atoms with Gasteiger partial charge in [-0.25, -0.2) is 0 Å². The zero-order valence-electron chi connectivity index (χ0n) is 10.7. The van der Waals surface area contributed by atoms with Crippen molar-refractivity contribution in [1.29, 1.82) is 0 Å². The maximum Gasteiger partial charge on any atom is 0.222 e. The van der Waals surface area contributed by atoms with Crippen LogP contribution in [0.3, 0.4) is 0 Å². The first-order valence-electron chi connectivity index (χ1n) is 6.21. The number of rotatable bonds is 7. The normalized spacial score (nSPS) is 22.8. The summed E-state index contributed by atoms with van der Waals surface area (Å²) >= 11 is 0. The number of likely N-dealkylation sites (tertiary alicyclic amines) is 1. The second-order valence-electron chi connectivity index (χ2n) is 4.49. The molecular formula is C12H24N2O2. The minimum atomic E-state index is 0.259. The summed E-state index contributed by atoms with van der Waals surface area (Å²) < 4.78 is 5.15. The number of ether oxygens (including phenoxy) is 1. The van der Waals surface area contributed by atoms with Crippen molar-refractivity contribution < 1.29 is 9.53 Å². The van der Waals surface area contributed by atoms with Gasteiger partial charge in [0.05, 0.1) is 6.61 Å². The Morgan fingerprint density at radius 3 is 2.81 bits per heavy atom. The average molecular weight is 228 g/mol. The van der Waals surface area contributed by atoms with Gasteiger partial charge >= 0.3 is 0 Å². The van der Waals surface area contributed by atoms with Crippen LogP contribution in [0.5, 0.6) is 0 Å². The Labute approximate surface area is 98.3 Å². The molecule has 1 amide bonds. The highest BCUT2D eigenvalue weighted by Crippen LogP contribution is 2.20. The van der Waals surface area contributed by atoms with Crippen molar-refractivity contribution in [2.75, 3.05) is 33.4 Å². The molecule has 1 aliphatic rings. The van der Waals surface area contributed by atoms with Crippen molar-refractivity contribution in [1.82, 2.24) is 10.2 Å². The zero-order valence-corrected chi connectivity index (χ0v) is 10.7. The third kappa shape index (κ3) is 3.76. The van der Waals surface area contributed by atoms with E-state index in [0.29, 0.717) is 18.4 Å². The van der Waals surface area contributed by atoms with Crippen molar-refractivity contribution in [3.05, 3.63) is 0 Å². The van der Waals surface area contributed by atoms with Gasteiger partial charge in [-0.1, -0.05) is 20.3 Å². The summed E-state index contributed by atoms with van der Waals surface area (Å²) in [4.78, 5) is 13.7. The van der Waals surface area contributed by atoms with Crippen LogP contribution >= 0.6 is 0 Å². The van der Waals surface area contributed by atoms with E-state index in [1.54, 1.807) is 7.11 Å². The highest BCUT2D eigenvalue weighted by atomic mass is 16.5.